The molecule has 1 saturated heterocycles. The molecule has 11 heteroatoms. The molecular formula is C15H20F3N3O4S. The summed E-state index contributed by atoms with van der Waals surface area (Å²) in [5.41, 5.74) is -1.80. The third-order valence-electron chi connectivity index (χ3n) is 4.45. The average molecular weight is 395 g/mol. The molecule has 0 amide bonds. The number of halogens is 3. The van der Waals surface area contributed by atoms with Crippen molar-refractivity contribution in [3.8, 4) is 0 Å². The smallest absolute Gasteiger partial charge is 0.371 e. The van der Waals surface area contributed by atoms with Crippen molar-refractivity contribution < 1.29 is 26.5 Å². The Kier molecular flexibility index (Phi) is 5.81. The molecule has 1 aromatic rings. The van der Waals surface area contributed by atoms with E-state index in [1.165, 1.54) is 9.21 Å². The van der Waals surface area contributed by atoms with Gasteiger partial charge in [-0.25, -0.2) is 8.42 Å². The predicted molar refractivity (Wildman–Crippen MR) is 90.6 cm³/mol. The zero-order valence-corrected chi connectivity index (χ0v) is 15.2. The van der Waals surface area contributed by atoms with Gasteiger partial charge < -0.3 is 4.90 Å². The van der Waals surface area contributed by atoms with E-state index < -0.39 is 32.4 Å². The number of benzene rings is 1. The lowest BCUT2D eigenvalue weighted by Crippen LogP contribution is -2.47. The van der Waals surface area contributed by atoms with Crippen LogP contribution in [-0.4, -0.2) is 49.6 Å². The molecule has 0 atom stereocenters. The Hall–Kier alpha value is -1.88. The van der Waals surface area contributed by atoms with Crippen LogP contribution >= 0.6 is 0 Å². The highest BCUT2D eigenvalue weighted by molar-refractivity contribution is 7.88. The summed E-state index contributed by atoms with van der Waals surface area (Å²) in [5, 5.41) is 10.8. The van der Waals surface area contributed by atoms with Gasteiger partial charge in [0.1, 0.15) is 0 Å². The molecular weight excluding hydrogens is 375 g/mol. The van der Waals surface area contributed by atoms with E-state index in [0.717, 1.165) is 18.4 Å². The van der Waals surface area contributed by atoms with Gasteiger partial charge in [-0.05, 0) is 18.9 Å². The summed E-state index contributed by atoms with van der Waals surface area (Å²) in [6, 6.07) is 2.43. The number of nitro groups is 1. The van der Waals surface area contributed by atoms with Crippen molar-refractivity contribution in [2.24, 2.45) is 0 Å². The third-order valence-corrected chi connectivity index (χ3v) is 5.85. The fourth-order valence-corrected chi connectivity index (χ4v) is 4.52. The van der Waals surface area contributed by atoms with Crippen LogP contribution in [0.15, 0.2) is 18.2 Å². The zero-order chi connectivity index (χ0) is 19.7. The Morgan fingerprint density at radius 3 is 2.31 bits per heavy atom. The molecule has 0 aromatic heterocycles. The van der Waals surface area contributed by atoms with Gasteiger partial charge in [-0.1, -0.05) is 6.92 Å². The normalized spacial score (nSPS) is 16.9. The van der Waals surface area contributed by atoms with E-state index in [4.69, 9.17) is 0 Å². The Morgan fingerprint density at radius 2 is 1.88 bits per heavy atom. The van der Waals surface area contributed by atoms with Crippen molar-refractivity contribution in [1.82, 2.24) is 4.31 Å². The average Bonchev–Trinajstić information content (AvgIpc) is 2.53. The summed E-state index contributed by atoms with van der Waals surface area (Å²) >= 11 is 0. The van der Waals surface area contributed by atoms with E-state index in [9.17, 15) is 31.7 Å². The molecule has 1 fully saturated rings. The van der Waals surface area contributed by atoms with Gasteiger partial charge in [0, 0.05) is 43.5 Å². The highest BCUT2D eigenvalue weighted by Crippen LogP contribution is 2.39. The Balaban J connectivity index is 2.25. The summed E-state index contributed by atoms with van der Waals surface area (Å²) in [6.45, 7) is 2.48. The number of anilines is 1. The van der Waals surface area contributed by atoms with Crippen LogP contribution in [0.1, 0.15) is 25.3 Å². The van der Waals surface area contributed by atoms with Gasteiger partial charge in [-0.3, -0.25) is 10.1 Å². The molecule has 1 aromatic carbocycles. The van der Waals surface area contributed by atoms with E-state index in [1.54, 1.807) is 6.92 Å². The maximum absolute atomic E-state index is 13.3. The van der Waals surface area contributed by atoms with Crippen molar-refractivity contribution in [1.29, 1.82) is 0 Å². The fraction of sp³-hybridized carbons (Fsp3) is 0.600. The molecule has 1 aliphatic rings. The summed E-state index contributed by atoms with van der Waals surface area (Å²) in [6.07, 6.45) is -2.84. The topological polar surface area (TPSA) is 83.8 Å². The first-order valence-corrected chi connectivity index (χ1v) is 9.87. The molecule has 0 bridgehead atoms. The third kappa shape index (κ3) is 4.44. The van der Waals surface area contributed by atoms with Gasteiger partial charge in [0.2, 0.25) is 10.0 Å². The van der Waals surface area contributed by atoms with Crippen molar-refractivity contribution in [2.45, 2.75) is 32.0 Å². The van der Waals surface area contributed by atoms with Crippen LogP contribution in [0.2, 0.25) is 0 Å². The van der Waals surface area contributed by atoms with Crippen LogP contribution in [0.4, 0.5) is 24.5 Å². The minimum atomic E-state index is -4.72. The molecule has 0 N–H and O–H groups in total. The minimum Gasteiger partial charge on any atom is -0.371 e. The van der Waals surface area contributed by atoms with Crippen molar-refractivity contribution in [3.05, 3.63) is 33.9 Å². The lowest BCUT2D eigenvalue weighted by atomic mass is 10.0. The molecule has 1 heterocycles. The number of nitro benzene ring substituents is 1. The Labute approximate surface area is 149 Å². The van der Waals surface area contributed by atoms with Gasteiger partial charge in [0.15, 0.2) is 0 Å². The van der Waals surface area contributed by atoms with E-state index in [1.807, 2.05) is 0 Å². The SMILES string of the molecule is CCN(C1CCN(c2ccc([N+](=O)[O-])cc2C(F)(F)F)CC1)S(C)(=O)=O. The number of piperidine rings is 1. The van der Waals surface area contributed by atoms with Crippen LogP contribution in [0.3, 0.4) is 0 Å². The van der Waals surface area contributed by atoms with Gasteiger partial charge in [-0.15, -0.1) is 0 Å². The first kappa shape index (κ1) is 20.4. The summed E-state index contributed by atoms with van der Waals surface area (Å²) in [5.74, 6) is 0. The second kappa shape index (κ2) is 7.39. The number of hydrogen-bond acceptors (Lipinski definition) is 5. The quantitative estimate of drug-likeness (QED) is 0.565. The highest BCUT2D eigenvalue weighted by Gasteiger charge is 2.38. The molecule has 0 saturated carbocycles. The van der Waals surface area contributed by atoms with Crippen LogP contribution in [0.25, 0.3) is 0 Å². The molecule has 26 heavy (non-hydrogen) atoms. The fourth-order valence-electron chi connectivity index (χ4n) is 3.30. The molecule has 146 valence electrons. The number of nitrogens with zero attached hydrogens (tertiary/aromatic N) is 3. The predicted octanol–water partition coefficient (Wildman–Crippen LogP) is 2.86. The van der Waals surface area contributed by atoms with Gasteiger partial charge >= 0.3 is 6.18 Å². The van der Waals surface area contributed by atoms with Crippen LogP contribution in [0.5, 0.6) is 0 Å². The number of sulfonamides is 1. The van der Waals surface area contributed by atoms with E-state index >= 15 is 0 Å². The number of non-ortho nitro benzene ring substituents is 1. The van der Waals surface area contributed by atoms with Crippen LogP contribution in [-0.2, 0) is 16.2 Å². The van der Waals surface area contributed by atoms with Crippen molar-refractivity contribution >= 4 is 21.4 Å². The van der Waals surface area contributed by atoms with Crippen molar-refractivity contribution in [2.75, 3.05) is 30.8 Å². The number of rotatable bonds is 5. The summed E-state index contributed by atoms with van der Waals surface area (Å²) < 4.78 is 64.9. The minimum absolute atomic E-state index is 0.121. The molecule has 2 rings (SSSR count). The number of hydrogen-bond donors (Lipinski definition) is 0. The van der Waals surface area contributed by atoms with Gasteiger partial charge in [-0.2, -0.15) is 17.5 Å². The Bertz CT molecular complexity index is 775. The zero-order valence-electron chi connectivity index (χ0n) is 14.4. The van der Waals surface area contributed by atoms with E-state index in [-0.39, 0.29) is 24.8 Å². The van der Waals surface area contributed by atoms with E-state index in [0.29, 0.717) is 25.5 Å². The second-order valence-electron chi connectivity index (χ2n) is 6.14. The van der Waals surface area contributed by atoms with Gasteiger partial charge in [0.25, 0.3) is 5.69 Å². The Morgan fingerprint density at radius 1 is 1.31 bits per heavy atom. The molecule has 7 nitrogen and oxygen atoms in total. The van der Waals surface area contributed by atoms with Crippen molar-refractivity contribution in [3.63, 3.8) is 0 Å². The monoisotopic (exact) mass is 395 g/mol. The van der Waals surface area contributed by atoms with Crippen LogP contribution < -0.4 is 4.90 Å². The molecule has 1 aliphatic heterocycles. The van der Waals surface area contributed by atoms with E-state index in [2.05, 4.69) is 0 Å². The molecule has 0 radical (unpaired) electrons. The summed E-state index contributed by atoms with van der Waals surface area (Å²) in [4.78, 5) is 11.4. The maximum atomic E-state index is 13.3. The molecule has 0 unspecified atom stereocenters. The summed E-state index contributed by atoms with van der Waals surface area (Å²) in [7, 11) is -3.38. The standard InChI is InChI=1S/C15H20F3N3O4S/c1-3-20(26(2,24)25)11-6-8-19(9-7-11)14-5-4-12(21(22)23)10-13(14)15(16,17)18/h4-5,10-11H,3,6-9H2,1-2H3. The van der Waals surface area contributed by atoms with Crippen LogP contribution in [0, 0.1) is 10.1 Å². The molecule has 0 spiro atoms. The highest BCUT2D eigenvalue weighted by atomic mass is 32.2. The molecule has 0 aliphatic carbocycles. The lowest BCUT2D eigenvalue weighted by molar-refractivity contribution is -0.385. The first-order valence-electron chi connectivity index (χ1n) is 8.02. The number of alkyl halides is 3. The first-order chi connectivity index (χ1) is 11.9. The maximum Gasteiger partial charge on any atom is 0.418 e. The second-order valence-corrected chi connectivity index (χ2v) is 8.08. The van der Waals surface area contributed by atoms with Gasteiger partial charge in [0.05, 0.1) is 16.7 Å². The lowest BCUT2D eigenvalue weighted by Gasteiger charge is -2.38. The largest absolute Gasteiger partial charge is 0.418 e.